The fraction of sp³-hybridized carbons (Fsp3) is 0.286. The third kappa shape index (κ3) is 3.72. The summed E-state index contributed by atoms with van der Waals surface area (Å²) in [6.07, 6.45) is 1.74. The van der Waals surface area contributed by atoms with Gasteiger partial charge in [-0.15, -0.1) is 0 Å². The van der Waals surface area contributed by atoms with E-state index in [0.29, 0.717) is 5.75 Å². The number of nitrogens with zero attached hydrogens (tertiary/aromatic N) is 2. The second-order valence-electron chi connectivity index (χ2n) is 4.10. The second-order valence-corrected chi connectivity index (χ2v) is 4.10. The van der Waals surface area contributed by atoms with E-state index in [4.69, 9.17) is 4.74 Å². The lowest BCUT2D eigenvalue weighted by molar-refractivity contribution is 0.437. The van der Waals surface area contributed by atoms with Crippen molar-refractivity contribution in [2.24, 2.45) is 0 Å². The molecule has 0 amide bonds. The zero-order chi connectivity index (χ0) is 13.7. The van der Waals surface area contributed by atoms with Gasteiger partial charge >= 0.3 is 6.01 Å². The molecule has 100 valence electrons. The first-order valence-corrected chi connectivity index (χ1v) is 6.15. The SMILES string of the molecule is CCNCc1cnc(Oc2ccc(F)cc2)nc1C. The van der Waals surface area contributed by atoms with Crippen molar-refractivity contribution in [1.82, 2.24) is 15.3 Å². The minimum Gasteiger partial charge on any atom is -0.424 e. The number of rotatable bonds is 5. The minimum atomic E-state index is -0.301. The van der Waals surface area contributed by atoms with Crippen molar-refractivity contribution in [1.29, 1.82) is 0 Å². The second kappa shape index (κ2) is 6.24. The molecule has 2 rings (SSSR count). The Balaban J connectivity index is 2.09. The summed E-state index contributed by atoms with van der Waals surface area (Å²) in [6, 6.07) is 6.02. The number of hydrogen-bond acceptors (Lipinski definition) is 4. The van der Waals surface area contributed by atoms with Gasteiger partial charge in [0.1, 0.15) is 11.6 Å². The van der Waals surface area contributed by atoms with Crippen LogP contribution >= 0.6 is 0 Å². The fourth-order valence-corrected chi connectivity index (χ4v) is 1.56. The van der Waals surface area contributed by atoms with Crippen molar-refractivity contribution in [3.8, 4) is 11.8 Å². The minimum absolute atomic E-state index is 0.268. The van der Waals surface area contributed by atoms with E-state index in [-0.39, 0.29) is 11.8 Å². The predicted molar refractivity (Wildman–Crippen MR) is 70.6 cm³/mol. The normalized spacial score (nSPS) is 10.5. The number of aromatic nitrogens is 2. The van der Waals surface area contributed by atoms with Gasteiger partial charge < -0.3 is 10.1 Å². The first kappa shape index (κ1) is 13.4. The highest BCUT2D eigenvalue weighted by atomic mass is 19.1. The van der Waals surface area contributed by atoms with Crippen LogP contribution in [0.5, 0.6) is 11.8 Å². The molecule has 0 atom stereocenters. The van der Waals surface area contributed by atoms with E-state index in [1.165, 1.54) is 12.1 Å². The quantitative estimate of drug-likeness (QED) is 0.899. The van der Waals surface area contributed by atoms with Gasteiger partial charge in [0, 0.05) is 24.0 Å². The summed E-state index contributed by atoms with van der Waals surface area (Å²) in [5.74, 6) is 0.214. The van der Waals surface area contributed by atoms with Crippen LogP contribution in [0, 0.1) is 12.7 Å². The van der Waals surface area contributed by atoms with Gasteiger partial charge in [0.05, 0.1) is 0 Å². The van der Waals surface area contributed by atoms with Crippen molar-refractivity contribution in [3.05, 3.63) is 47.5 Å². The first-order valence-electron chi connectivity index (χ1n) is 6.15. The zero-order valence-corrected chi connectivity index (χ0v) is 11.0. The first-order chi connectivity index (χ1) is 9.19. The Morgan fingerprint density at radius 2 is 2.00 bits per heavy atom. The summed E-state index contributed by atoms with van der Waals surface area (Å²) in [7, 11) is 0. The number of ether oxygens (including phenoxy) is 1. The van der Waals surface area contributed by atoms with Gasteiger partial charge in [-0.25, -0.2) is 9.37 Å². The Hall–Kier alpha value is -2.01. The average Bonchev–Trinajstić information content (AvgIpc) is 2.41. The van der Waals surface area contributed by atoms with E-state index in [0.717, 1.165) is 24.3 Å². The van der Waals surface area contributed by atoms with Crippen molar-refractivity contribution >= 4 is 0 Å². The Morgan fingerprint density at radius 1 is 1.26 bits per heavy atom. The van der Waals surface area contributed by atoms with Gasteiger partial charge in [0.2, 0.25) is 0 Å². The predicted octanol–water partition coefficient (Wildman–Crippen LogP) is 2.83. The summed E-state index contributed by atoms with van der Waals surface area (Å²) in [6.45, 7) is 5.58. The molecule has 1 heterocycles. The lowest BCUT2D eigenvalue weighted by atomic mass is 10.2. The Morgan fingerprint density at radius 3 is 2.63 bits per heavy atom. The third-order valence-electron chi connectivity index (χ3n) is 2.65. The standard InChI is InChI=1S/C14H16FN3O/c1-3-16-8-11-9-17-14(18-10(11)2)19-13-6-4-12(15)5-7-13/h4-7,9,16H,3,8H2,1-2H3. The fourth-order valence-electron chi connectivity index (χ4n) is 1.56. The largest absolute Gasteiger partial charge is 0.424 e. The molecule has 19 heavy (non-hydrogen) atoms. The monoisotopic (exact) mass is 261 g/mol. The zero-order valence-electron chi connectivity index (χ0n) is 11.0. The van der Waals surface area contributed by atoms with E-state index >= 15 is 0 Å². The van der Waals surface area contributed by atoms with Crippen LogP contribution in [0.1, 0.15) is 18.2 Å². The molecular weight excluding hydrogens is 245 g/mol. The molecule has 0 saturated carbocycles. The highest BCUT2D eigenvalue weighted by Gasteiger charge is 2.05. The molecule has 0 unspecified atom stereocenters. The third-order valence-corrected chi connectivity index (χ3v) is 2.65. The van der Waals surface area contributed by atoms with E-state index in [1.54, 1.807) is 18.3 Å². The number of benzene rings is 1. The summed E-state index contributed by atoms with van der Waals surface area (Å²) in [4.78, 5) is 8.42. The van der Waals surface area contributed by atoms with Crippen molar-refractivity contribution in [2.45, 2.75) is 20.4 Å². The van der Waals surface area contributed by atoms with Crippen LogP contribution in [0.15, 0.2) is 30.5 Å². The van der Waals surface area contributed by atoms with Crippen LogP contribution in [0.2, 0.25) is 0 Å². The molecule has 0 aliphatic rings. The molecular formula is C14H16FN3O. The van der Waals surface area contributed by atoms with Gasteiger partial charge in [0.25, 0.3) is 0 Å². The molecule has 4 nitrogen and oxygen atoms in total. The van der Waals surface area contributed by atoms with E-state index in [1.807, 2.05) is 13.8 Å². The Kier molecular flexibility index (Phi) is 4.41. The number of aryl methyl sites for hydroxylation is 1. The molecule has 0 aliphatic heterocycles. The van der Waals surface area contributed by atoms with Gasteiger partial charge in [-0.1, -0.05) is 6.92 Å². The Bertz CT molecular complexity index is 543. The highest BCUT2D eigenvalue weighted by Crippen LogP contribution is 2.18. The van der Waals surface area contributed by atoms with E-state index in [9.17, 15) is 4.39 Å². The maximum atomic E-state index is 12.8. The van der Waals surface area contributed by atoms with E-state index < -0.39 is 0 Å². The van der Waals surface area contributed by atoms with Gasteiger partial charge in [0.15, 0.2) is 0 Å². The lowest BCUT2D eigenvalue weighted by Gasteiger charge is -2.08. The summed E-state index contributed by atoms with van der Waals surface area (Å²) < 4.78 is 18.2. The van der Waals surface area contributed by atoms with E-state index in [2.05, 4.69) is 15.3 Å². The molecule has 1 aromatic heterocycles. The number of halogens is 1. The van der Waals surface area contributed by atoms with Gasteiger partial charge in [-0.05, 0) is 37.7 Å². The van der Waals surface area contributed by atoms with Crippen molar-refractivity contribution < 1.29 is 9.13 Å². The van der Waals surface area contributed by atoms with Crippen LogP contribution in [0.3, 0.4) is 0 Å². The van der Waals surface area contributed by atoms with Crippen molar-refractivity contribution in [3.63, 3.8) is 0 Å². The molecule has 2 aromatic rings. The maximum Gasteiger partial charge on any atom is 0.322 e. The molecule has 0 radical (unpaired) electrons. The summed E-state index contributed by atoms with van der Waals surface area (Å²) in [5.41, 5.74) is 1.90. The van der Waals surface area contributed by atoms with Crippen LogP contribution < -0.4 is 10.1 Å². The summed E-state index contributed by atoms with van der Waals surface area (Å²) >= 11 is 0. The molecule has 0 fully saturated rings. The highest BCUT2D eigenvalue weighted by molar-refractivity contribution is 5.26. The molecule has 0 spiro atoms. The van der Waals surface area contributed by atoms with Crippen LogP contribution in [0.4, 0.5) is 4.39 Å². The van der Waals surface area contributed by atoms with Gasteiger partial charge in [-0.3, -0.25) is 0 Å². The molecule has 1 aromatic carbocycles. The number of hydrogen-bond donors (Lipinski definition) is 1. The molecule has 5 heteroatoms. The average molecular weight is 261 g/mol. The van der Waals surface area contributed by atoms with Crippen LogP contribution in [-0.2, 0) is 6.54 Å². The summed E-state index contributed by atoms with van der Waals surface area (Å²) in [5, 5.41) is 3.22. The maximum absolute atomic E-state index is 12.8. The van der Waals surface area contributed by atoms with Crippen LogP contribution in [0.25, 0.3) is 0 Å². The van der Waals surface area contributed by atoms with Crippen LogP contribution in [-0.4, -0.2) is 16.5 Å². The number of nitrogens with one attached hydrogen (secondary N) is 1. The molecule has 0 bridgehead atoms. The lowest BCUT2D eigenvalue weighted by Crippen LogP contribution is -2.13. The molecule has 0 aliphatic carbocycles. The molecule has 1 N–H and O–H groups in total. The smallest absolute Gasteiger partial charge is 0.322 e. The van der Waals surface area contributed by atoms with Crippen molar-refractivity contribution in [2.75, 3.05) is 6.54 Å². The topological polar surface area (TPSA) is 47.0 Å². The molecule has 0 saturated heterocycles. The Labute approximate surface area is 111 Å². The van der Waals surface area contributed by atoms with Gasteiger partial charge in [-0.2, -0.15) is 4.98 Å².